The number of amides is 1. The summed E-state index contributed by atoms with van der Waals surface area (Å²) in [5, 5.41) is 0. The topological polar surface area (TPSA) is 45.3 Å². The van der Waals surface area contributed by atoms with Crippen LogP contribution in [0.2, 0.25) is 0 Å². The molecule has 2 aromatic rings. The third kappa shape index (κ3) is 4.27. The molecule has 0 aliphatic carbocycles. The third-order valence-corrected chi connectivity index (χ3v) is 4.90. The Kier molecular flexibility index (Phi) is 5.74. The van der Waals surface area contributed by atoms with E-state index in [1.54, 1.807) is 32.4 Å². The van der Waals surface area contributed by atoms with Crippen LogP contribution in [0.25, 0.3) is 0 Å². The summed E-state index contributed by atoms with van der Waals surface area (Å²) in [7, 11) is 7.24. The highest BCUT2D eigenvalue weighted by atomic mass is 16.5. The quantitative estimate of drug-likeness (QED) is 0.811. The average molecular weight is 369 g/mol. The predicted octanol–water partition coefficient (Wildman–Crippen LogP) is 2.73. The Morgan fingerprint density at radius 2 is 1.44 bits per heavy atom. The smallest absolute Gasteiger partial charge is 0.254 e. The highest BCUT2D eigenvalue weighted by Gasteiger charge is 2.23. The third-order valence-electron chi connectivity index (χ3n) is 4.90. The number of methoxy groups -OCH3 is 2. The first kappa shape index (κ1) is 18.9. The molecular formula is C21H27N3O3. The number of piperazine rings is 1. The summed E-state index contributed by atoms with van der Waals surface area (Å²) < 4.78 is 10.5. The van der Waals surface area contributed by atoms with Crippen molar-refractivity contribution in [3.8, 4) is 11.5 Å². The van der Waals surface area contributed by atoms with Gasteiger partial charge in [-0.25, -0.2) is 0 Å². The molecule has 1 saturated heterocycles. The molecule has 0 N–H and O–H groups in total. The van der Waals surface area contributed by atoms with Gasteiger partial charge in [0, 0.05) is 63.3 Å². The molecule has 27 heavy (non-hydrogen) atoms. The molecule has 1 aliphatic heterocycles. The fourth-order valence-corrected chi connectivity index (χ4v) is 3.24. The van der Waals surface area contributed by atoms with Gasteiger partial charge in [0.1, 0.15) is 11.5 Å². The van der Waals surface area contributed by atoms with Crippen LogP contribution in [-0.2, 0) is 0 Å². The Bertz CT molecular complexity index is 760. The van der Waals surface area contributed by atoms with Crippen molar-refractivity contribution in [1.82, 2.24) is 4.90 Å². The van der Waals surface area contributed by atoms with Crippen LogP contribution < -0.4 is 19.3 Å². The summed E-state index contributed by atoms with van der Waals surface area (Å²) in [5.41, 5.74) is 2.96. The second kappa shape index (κ2) is 8.20. The highest BCUT2D eigenvalue weighted by Crippen LogP contribution is 2.25. The van der Waals surface area contributed by atoms with Crippen LogP contribution in [0.15, 0.2) is 42.5 Å². The van der Waals surface area contributed by atoms with Crippen molar-refractivity contribution in [2.75, 3.05) is 64.3 Å². The molecule has 1 aliphatic rings. The fraction of sp³-hybridized carbons (Fsp3) is 0.381. The van der Waals surface area contributed by atoms with E-state index in [4.69, 9.17) is 9.47 Å². The summed E-state index contributed by atoms with van der Waals surface area (Å²) in [4.78, 5) is 19.2. The molecule has 2 aromatic carbocycles. The molecule has 1 fully saturated rings. The summed E-state index contributed by atoms with van der Waals surface area (Å²) >= 11 is 0. The van der Waals surface area contributed by atoms with Crippen molar-refractivity contribution in [3.63, 3.8) is 0 Å². The molecule has 6 nitrogen and oxygen atoms in total. The minimum absolute atomic E-state index is 0.00908. The first-order chi connectivity index (χ1) is 13.0. The molecule has 1 amide bonds. The SMILES string of the molecule is COc1cc(OC)cc(C(=O)N2CCN(c3ccc(N(C)C)cc3)CC2)c1. The molecule has 6 heteroatoms. The highest BCUT2D eigenvalue weighted by molar-refractivity contribution is 5.95. The number of rotatable bonds is 5. The Balaban J connectivity index is 1.65. The number of anilines is 2. The van der Waals surface area contributed by atoms with Crippen LogP contribution in [0.3, 0.4) is 0 Å². The van der Waals surface area contributed by atoms with Crippen LogP contribution in [0.5, 0.6) is 11.5 Å². The van der Waals surface area contributed by atoms with E-state index in [1.807, 2.05) is 19.0 Å². The molecule has 144 valence electrons. The lowest BCUT2D eigenvalue weighted by Crippen LogP contribution is -2.48. The number of carbonyl (C=O) groups excluding carboxylic acids is 1. The maximum atomic E-state index is 12.9. The van der Waals surface area contributed by atoms with Crippen molar-refractivity contribution < 1.29 is 14.3 Å². The lowest BCUT2D eigenvalue weighted by Gasteiger charge is -2.36. The van der Waals surface area contributed by atoms with E-state index in [2.05, 4.69) is 34.1 Å². The monoisotopic (exact) mass is 369 g/mol. The van der Waals surface area contributed by atoms with Gasteiger partial charge in [0.15, 0.2) is 0 Å². The van der Waals surface area contributed by atoms with Gasteiger partial charge in [0.05, 0.1) is 14.2 Å². The Hall–Kier alpha value is -2.89. The minimum Gasteiger partial charge on any atom is -0.497 e. The van der Waals surface area contributed by atoms with Crippen molar-refractivity contribution in [2.45, 2.75) is 0 Å². The molecule has 0 atom stereocenters. The van der Waals surface area contributed by atoms with Crippen molar-refractivity contribution in [3.05, 3.63) is 48.0 Å². The van der Waals surface area contributed by atoms with Gasteiger partial charge in [-0.3, -0.25) is 4.79 Å². The summed E-state index contributed by atoms with van der Waals surface area (Å²) in [6.07, 6.45) is 0. The first-order valence-electron chi connectivity index (χ1n) is 9.06. The average Bonchev–Trinajstić information content (AvgIpc) is 2.73. The molecule has 3 rings (SSSR count). The number of hydrogen-bond acceptors (Lipinski definition) is 5. The largest absolute Gasteiger partial charge is 0.497 e. The predicted molar refractivity (Wildman–Crippen MR) is 108 cm³/mol. The summed E-state index contributed by atoms with van der Waals surface area (Å²) in [6, 6.07) is 13.8. The molecule has 0 saturated carbocycles. The van der Waals surface area contributed by atoms with E-state index in [0.29, 0.717) is 30.2 Å². The van der Waals surface area contributed by atoms with E-state index in [-0.39, 0.29) is 5.91 Å². The number of carbonyl (C=O) groups is 1. The number of nitrogens with zero attached hydrogens (tertiary/aromatic N) is 3. The molecule has 0 unspecified atom stereocenters. The fourth-order valence-electron chi connectivity index (χ4n) is 3.24. The molecule has 0 radical (unpaired) electrons. The number of benzene rings is 2. The van der Waals surface area contributed by atoms with E-state index >= 15 is 0 Å². The Morgan fingerprint density at radius 3 is 1.93 bits per heavy atom. The van der Waals surface area contributed by atoms with Crippen molar-refractivity contribution >= 4 is 17.3 Å². The maximum Gasteiger partial charge on any atom is 0.254 e. The van der Waals surface area contributed by atoms with E-state index in [1.165, 1.54) is 11.4 Å². The Morgan fingerprint density at radius 1 is 0.889 bits per heavy atom. The minimum atomic E-state index is 0.00908. The van der Waals surface area contributed by atoms with Crippen LogP contribution in [0.1, 0.15) is 10.4 Å². The van der Waals surface area contributed by atoms with Gasteiger partial charge in [-0.1, -0.05) is 0 Å². The lowest BCUT2D eigenvalue weighted by atomic mass is 10.1. The van der Waals surface area contributed by atoms with Crippen LogP contribution in [0.4, 0.5) is 11.4 Å². The number of hydrogen-bond donors (Lipinski definition) is 0. The van der Waals surface area contributed by atoms with Gasteiger partial charge >= 0.3 is 0 Å². The van der Waals surface area contributed by atoms with Crippen molar-refractivity contribution in [2.24, 2.45) is 0 Å². The van der Waals surface area contributed by atoms with Crippen molar-refractivity contribution in [1.29, 1.82) is 0 Å². The van der Waals surface area contributed by atoms with Gasteiger partial charge in [-0.2, -0.15) is 0 Å². The zero-order valence-electron chi connectivity index (χ0n) is 16.4. The normalized spacial score (nSPS) is 14.1. The molecule has 0 aromatic heterocycles. The molecule has 0 spiro atoms. The Labute approximate surface area is 160 Å². The zero-order valence-corrected chi connectivity index (χ0v) is 16.4. The first-order valence-corrected chi connectivity index (χ1v) is 9.06. The van der Waals surface area contributed by atoms with Gasteiger partial charge in [-0.15, -0.1) is 0 Å². The van der Waals surface area contributed by atoms with E-state index in [9.17, 15) is 4.79 Å². The van der Waals surface area contributed by atoms with Crippen LogP contribution in [-0.4, -0.2) is 65.3 Å². The van der Waals surface area contributed by atoms with Crippen LogP contribution >= 0.6 is 0 Å². The lowest BCUT2D eigenvalue weighted by molar-refractivity contribution is 0.0746. The molecular weight excluding hydrogens is 342 g/mol. The zero-order chi connectivity index (χ0) is 19.4. The molecule has 1 heterocycles. The van der Waals surface area contributed by atoms with E-state index < -0.39 is 0 Å². The molecule has 0 bridgehead atoms. The number of ether oxygens (including phenoxy) is 2. The van der Waals surface area contributed by atoms with Crippen LogP contribution in [0, 0.1) is 0 Å². The van der Waals surface area contributed by atoms with Gasteiger partial charge in [0.2, 0.25) is 0 Å². The standard InChI is InChI=1S/C21H27N3O3/c1-22(2)17-5-7-18(8-6-17)23-9-11-24(12-10-23)21(25)16-13-19(26-3)15-20(14-16)27-4/h5-8,13-15H,9-12H2,1-4H3. The van der Waals surface area contributed by atoms with Gasteiger partial charge in [-0.05, 0) is 36.4 Å². The summed E-state index contributed by atoms with van der Waals surface area (Å²) in [5.74, 6) is 1.25. The second-order valence-electron chi connectivity index (χ2n) is 6.79. The van der Waals surface area contributed by atoms with Gasteiger partial charge in [0.25, 0.3) is 5.91 Å². The van der Waals surface area contributed by atoms with Gasteiger partial charge < -0.3 is 24.2 Å². The maximum absolute atomic E-state index is 12.9. The second-order valence-corrected chi connectivity index (χ2v) is 6.79. The summed E-state index contributed by atoms with van der Waals surface area (Å²) in [6.45, 7) is 3.00. The van der Waals surface area contributed by atoms with E-state index in [0.717, 1.165) is 13.1 Å².